The monoisotopic (exact) mass is 330 g/mol. The Morgan fingerprint density at radius 3 is 2.67 bits per heavy atom. The lowest BCUT2D eigenvalue weighted by molar-refractivity contribution is 0.0742. The number of aromatic nitrogens is 1. The largest absolute Gasteiger partial charge is 0.497 e. The van der Waals surface area contributed by atoms with Crippen molar-refractivity contribution in [3.63, 3.8) is 0 Å². The van der Waals surface area contributed by atoms with Gasteiger partial charge in [0.15, 0.2) is 0 Å². The molecule has 3 rings (SSSR count). The van der Waals surface area contributed by atoms with Crippen LogP contribution in [0.5, 0.6) is 5.75 Å². The van der Waals surface area contributed by atoms with Gasteiger partial charge < -0.3 is 15.6 Å². The van der Waals surface area contributed by atoms with Gasteiger partial charge in [0.2, 0.25) is 0 Å². The van der Waals surface area contributed by atoms with Gasteiger partial charge in [-0.15, -0.1) is 0 Å². The standard InChI is InChI=1S/C18H26N4O2/c1-24-14-2-3-17-16(12-14)15(4-6-20-17)18(23)13-22-10-8-21(7-5-19)9-11-22/h2-4,6,12,18,23H,5,7-11,13,19H2,1H3. The van der Waals surface area contributed by atoms with Crippen molar-refractivity contribution in [2.45, 2.75) is 6.10 Å². The molecule has 3 N–H and O–H groups in total. The van der Waals surface area contributed by atoms with E-state index in [0.717, 1.165) is 54.9 Å². The summed E-state index contributed by atoms with van der Waals surface area (Å²) in [4.78, 5) is 9.06. The molecule has 1 aromatic heterocycles. The number of pyridine rings is 1. The molecule has 24 heavy (non-hydrogen) atoms. The lowest BCUT2D eigenvalue weighted by Crippen LogP contribution is -2.48. The van der Waals surface area contributed by atoms with Crippen molar-refractivity contribution < 1.29 is 9.84 Å². The molecule has 1 fully saturated rings. The molecule has 0 amide bonds. The third-order valence-corrected chi connectivity index (χ3v) is 4.68. The first kappa shape index (κ1) is 17.1. The predicted octanol–water partition coefficient (Wildman–Crippen LogP) is 0.853. The fraction of sp³-hybridized carbons (Fsp3) is 0.500. The second-order valence-electron chi connectivity index (χ2n) is 6.23. The first-order valence-electron chi connectivity index (χ1n) is 8.46. The Kier molecular flexibility index (Phi) is 5.63. The lowest BCUT2D eigenvalue weighted by atomic mass is 10.0. The van der Waals surface area contributed by atoms with Crippen LogP contribution < -0.4 is 10.5 Å². The molecule has 0 aliphatic carbocycles. The SMILES string of the molecule is COc1ccc2nccc(C(O)CN3CCN(CCN)CC3)c2c1. The fourth-order valence-corrected chi connectivity index (χ4v) is 3.29. The summed E-state index contributed by atoms with van der Waals surface area (Å²) in [5.74, 6) is 0.777. The summed E-state index contributed by atoms with van der Waals surface area (Å²) in [7, 11) is 1.65. The average molecular weight is 330 g/mol. The van der Waals surface area contributed by atoms with Gasteiger partial charge >= 0.3 is 0 Å². The summed E-state index contributed by atoms with van der Waals surface area (Å²) in [6.07, 6.45) is 1.22. The molecule has 1 saturated heterocycles. The van der Waals surface area contributed by atoms with Crippen molar-refractivity contribution >= 4 is 10.9 Å². The summed E-state index contributed by atoms with van der Waals surface area (Å²) < 4.78 is 5.31. The number of benzene rings is 1. The van der Waals surface area contributed by atoms with Crippen LogP contribution in [0.1, 0.15) is 11.7 Å². The van der Waals surface area contributed by atoms with Gasteiger partial charge in [-0.05, 0) is 29.8 Å². The van der Waals surface area contributed by atoms with Gasteiger partial charge in [0.25, 0.3) is 0 Å². The Labute approximate surface area is 142 Å². The molecule has 0 saturated carbocycles. The minimum atomic E-state index is -0.538. The first-order valence-corrected chi connectivity index (χ1v) is 8.46. The Balaban J connectivity index is 1.71. The Morgan fingerprint density at radius 1 is 1.21 bits per heavy atom. The lowest BCUT2D eigenvalue weighted by Gasteiger charge is -2.35. The summed E-state index contributed by atoms with van der Waals surface area (Å²) in [6.45, 7) is 6.22. The highest BCUT2D eigenvalue weighted by Gasteiger charge is 2.20. The van der Waals surface area contributed by atoms with E-state index in [4.69, 9.17) is 10.5 Å². The predicted molar refractivity (Wildman–Crippen MR) is 95.2 cm³/mol. The third-order valence-electron chi connectivity index (χ3n) is 4.68. The smallest absolute Gasteiger partial charge is 0.119 e. The van der Waals surface area contributed by atoms with Gasteiger partial charge in [-0.25, -0.2) is 0 Å². The zero-order valence-corrected chi connectivity index (χ0v) is 14.2. The maximum Gasteiger partial charge on any atom is 0.119 e. The molecule has 6 heteroatoms. The molecule has 130 valence electrons. The van der Waals surface area contributed by atoms with Gasteiger partial charge in [-0.3, -0.25) is 14.8 Å². The number of aliphatic hydroxyl groups is 1. The second-order valence-corrected chi connectivity index (χ2v) is 6.23. The maximum absolute atomic E-state index is 10.8. The van der Waals surface area contributed by atoms with Crippen LogP contribution in [0, 0.1) is 0 Å². The van der Waals surface area contributed by atoms with Gasteiger partial charge in [-0.1, -0.05) is 0 Å². The minimum Gasteiger partial charge on any atom is -0.497 e. The summed E-state index contributed by atoms with van der Waals surface area (Å²) in [6, 6.07) is 7.66. The van der Waals surface area contributed by atoms with E-state index in [1.165, 1.54) is 0 Å². The fourth-order valence-electron chi connectivity index (χ4n) is 3.29. The van der Waals surface area contributed by atoms with Crippen molar-refractivity contribution in [2.24, 2.45) is 5.73 Å². The summed E-state index contributed by atoms with van der Waals surface area (Å²) in [5.41, 5.74) is 7.40. The molecule has 6 nitrogen and oxygen atoms in total. The summed E-state index contributed by atoms with van der Waals surface area (Å²) >= 11 is 0. The van der Waals surface area contributed by atoms with Crippen LogP contribution in [0.4, 0.5) is 0 Å². The number of nitrogens with two attached hydrogens (primary N) is 1. The van der Waals surface area contributed by atoms with Crippen LogP contribution in [0.2, 0.25) is 0 Å². The molecule has 1 atom stereocenters. The number of nitrogens with zero attached hydrogens (tertiary/aromatic N) is 3. The van der Waals surface area contributed by atoms with E-state index < -0.39 is 6.10 Å². The molecular weight excluding hydrogens is 304 g/mol. The number of ether oxygens (including phenoxy) is 1. The highest BCUT2D eigenvalue weighted by atomic mass is 16.5. The van der Waals surface area contributed by atoms with E-state index in [-0.39, 0.29) is 0 Å². The van der Waals surface area contributed by atoms with E-state index in [1.54, 1.807) is 13.3 Å². The Bertz CT molecular complexity index is 671. The number of hydrogen-bond donors (Lipinski definition) is 2. The van der Waals surface area contributed by atoms with Crippen molar-refractivity contribution in [1.29, 1.82) is 0 Å². The number of hydrogen-bond acceptors (Lipinski definition) is 6. The highest BCUT2D eigenvalue weighted by molar-refractivity contribution is 5.83. The molecular formula is C18H26N4O2. The van der Waals surface area contributed by atoms with E-state index in [1.807, 2.05) is 24.3 Å². The average Bonchev–Trinajstić information content (AvgIpc) is 2.62. The number of aliphatic hydroxyl groups excluding tert-OH is 1. The van der Waals surface area contributed by atoms with Crippen LogP contribution in [0.3, 0.4) is 0 Å². The maximum atomic E-state index is 10.8. The quantitative estimate of drug-likeness (QED) is 0.818. The van der Waals surface area contributed by atoms with E-state index >= 15 is 0 Å². The second kappa shape index (κ2) is 7.90. The van der Waals surface area contributed by atoms with Crippen molar-refractivity contribution in [3.8, 4) is 5.75 Å². The number of rotatable bonds is 6. The van der Waals surface area contributed by atoms with Crippen LogP contribution >= 0.6 is 0 Å². The molecule has 1 aliphatic heterocycles. The Hall–Kier alpha value is -1.73. The molecule has 1 unspecified atom stereocenters. The number of methoxy groups -OCH3 is 1. The van der Waals surface area contributed by atoms with Gasteiger partial charge in [0, 0.05) is 57.4 Å². The topological polar surface area (TPSA) is 74.9 Å². The molecule has 2 aromatic rings. The molecule has 0 spiro atoms. The Morgan fingerprint density at radius 2 is 1.96 bits per heavy atom. The molecule has 0 bridgehead atoms. The number of piperazine rings is 1. The number of β-amino-alcohol motifs (C(OH)–C–C–N with tert-alkyl or cyclic N) is 1. The van der Waals surface area contributed by atoms with Crippen LogP contribution in [0.15, 0.2) is 30.5 Å². The van der Waals surface area contributed by atoms with Crippen LogP contribution in [-0.4, -0.2) is 72.8 Å². The molecule has 0 radical (unpaired) electrons. The van der Waals surface area contributed by atoms with Crippen LogP contribution in [-0.2, 0) is 0 Å². The summed E-state index contributed by atoms with van der Waals surface area (Å²) in [5, 5.41) is 11.7. The molecule has 1 aliphatic rings. The molecule has 1 aromatic carbocycles. The van der Waals surface area contributed by atoms with E-state index in [0.29, 0.717) is 13.1 Å². The minimum absolute atomic E-state index is 0.538. The van der Waals surface area contributed by atoms with Gasteiger partial charge in [0.05, 0.1) is 18.7 Å². The van der Waals surface area contributed by atoms with Crippen LogP contribution in [0.25, 0.3) is 10.9 Å². The molecule has 2 heterocycles. The third kappa shape index (κ3) is 3.84. The normalized spacial score (nSPS) is 18.0. The first-order chi connectivity index (χ1) is 11.7. The van der Waals surface area contributed by atoms with Gasteiger partial charge in [0.1, 0.15) is 5.75 Å². The zero-order valence-electron chi connectivity index (χ0n) is 14.2. The van der Waals surface area contributed by atoms with E-state index in [2.05, 4.69) is 14.8 Å². The van der Waals surface area contributed by atoms with Gasteiger partial charge in [-0.2, -0.15) is 0 Å². The van der Waals surface area contributed by atoms with E-state index in [9.17, 15) is 5.11 Å². The number of fused-ring (bicyclic) bond motifs is 1. The van der Waals surface area contributed by atoms with Crippen molar-refractivity contribution in [1.82, 2.24) is 14.8 Å². The zero-order chi connectivity index (χ0) is 16.9. The highest BCUT2D eigenvalue weighted by Crippen LogP contribution is 2.27. The van der Waals surface area contributed by atoms with Crippen molar-refractivity contribution in [3.05, 3.63) is 36.0 Å². The van der Waals surface area contributed by atoms with Crippen molar-refractivity contribution in [2.75, 3.05) is 52.9 Å².